The third kappa shape index (κ3) is 6.94. The number of carboxylic acid groups (broad SMARTS) is 1. The molecule has 0 bridgehead atoms. The molecule has 5 nitrogen and oxygen atoms in total. The van der Waals surface area contributed by atoms with E-state index in [1.54, 1.807) is 0 Å². The van der Waals surface area contributed by atoms with E-state index in [1.165, 1.54) is 11.1 Å². The van der Waals surface area contributed by atoms with Crippen molar-refractivity contribution in [1.29, 1.82) is 0 Å². The van der Waals surface area contributed by atoms with Crippen LogP contribution >= 0.6 is 0 Å². The molecule has 6 N–H and O–H groups in total. The van der Waals surface area contributed by atoms with Gasteiger partial charge in [0.1, 0.15) is 0 Å². The van der Waals surface area contributed by atoms with Gasteiger partial charge < -0.3 is 10.8 Å². The Labute approximate surface area is 95.4 Å². The third-order valence-electron chi connectivity index (χ3n) is 1.89. The van der Waals surface area contributed by atoms with Crippen molar-refractivity contribution in [3.8, 4) is 0 Å². The highest BCUT2D eigenvalue weighted by Gasteiger charge is 1.97. The quantitative estimate of drug-likeness (QED) is 0.334. The number of nitrogens with one attached hydrogen (secondary N) is 1. The third-order valence-corrected chi connectivity index (χ3v) is 1.89. The first-order valence-corrected chi connectivity index (χ1v) is 4.98. The summed E-state index contributed by atoms with van der Waals surface area (Å²) in [5.74, 6) is 5.21. The highest BCUT2D eigenvalue weighted by atomic mass is 16.3. The molecule has 0 radical (unpaired) electrons. The molecule has 0 amide bonds. The molecule has 0 aromatic heterocycles. The smallest absolute Gasteiger partial charge is 0.290 e. The highest BCUT2D eigenvalue weighted by Crippen LogP contribution is 2.05. The molecule has 1 atom stereocenters. The molecule has 1 rings (SSSR count). The average Bonchev–Trinajstić information content (AvgIpc) is 2.22. The zero-order valence-electron chi connectivity index (χ0n) is 9.39. The van der Waals surface area contributed by atoms with Gasteiger partial charge in [-0.2, -0.15) is 0 Å². The lowest BCUT2D eigenvalue weighted by atomic mass is 10.1. The Morgan fingerprint density at radius 3 is 2.19 bits per heavy atom. The molecule has 0 spiro atoms. The molecule has 0 fully saturated rings. The summed E-state index contributed by atoms with van der Waals surface area (Å²) in [5, 5.41) is 6.89. The number of nitrogens with two attached hydrogens (primary N) is 2. The Bertz CT molecular complexity index is 286. The Hall–Kier alpha value is -1.43. The first-order valence-electron chi connectivity index (χ1n) is 4.98. The first-order chi connectivity index (χ1) is 7.63. The van der Waals surface area contributed by atoms with Gasteiger partial charge in [-0.1, -0.05) is 24.3 Å². The van der Waals surface area contributed by atoms with E-state index in [2.05, 4.69) is 29.7 Å². The summed E-state index contributed by atoms with van der Waals surface area (Å²) < 4.78 is 0. The van der Waals surface area contributed by atoms with Gasteiger partial charge in [-0.15, -0.1) is 0 Å². The van der Waals surface area contributed by atoms with Crippen LogP contribution < -0.4 is 17.0 Å². The van der Waals surface area contributed by atoms with Crippen molar-refractivity contribution in [3.05, 3.63) is 35.4 Å². The lowest BCUT2D eigenvalue weighted by Crippen LogP contribution is -2.21. The van der Waals surface area contributed by atoms with Crippen LogP contribution in [0.15, 0.2) is 24.3 Å². The molecule has 16 heavy (non-hydrogen) atoms. The fraction of sp³-hybridized carbons (Fsp3) is 0.364. The minimum atomic E-state index is -0.250. The molecule has 1 unspecified atom stereocenters. The van der Waals surface area contributed by atoms with Crippen molar-refractivity contribution >= 4 is 6.47 Å². The van der Waals surface area contributed by atoms with Crippen molar-refractivity contribution in [2.45, 2.75) is 25.9 Å². The summed E-state index contributed by atoms with van der Waals surface area (Å²) in [4.78, 5) is 8.36. The highest BCUT2D eigenvalue weighted by molar-refractivity contribution is 5.32. The molecule has 0 saturated carbocycles. The topological polar surface area (TPSA) is 101 Å². The van der Waals surface area contributed by atoms with E-state index >= 15 is 0 Å². The van der Waals surface area contributed by atoms with Crippen molar-refractivity contribution in [2.24, 2.45) is 11.6 Å². The van der Waals surface area contributed by atoms with E-state index in [9.17, 15) is 0 Å². The van der Waals surface area contributed by atoms with E-state index < -0.39 is 0 Å². The second kappa shape index (κ2) is 8.84. The monoisotopic (exact) mass is 225 g/mol. The molecule has 0 aliphatic carbocycles. The predicted molar refractivity (Wildman–Crippen MR) is 63.5 cm³/mol. The van der Waals surface area contributed by atoms with Crippen molar-refractivity contribution in [3.63, 3.8) is 0 Å². The number of hydrazine groups is 1. The second-order valence-corrected chi connectivity index (χ2v) is 3.48. The lowest BCUT2D eigenvalue weighted by Gasteiger charge is -2.06. The van der Waals surface area contributed by atoms with Crippen LogP contribution in [0, 0.1) is 0 Å². The molecular formula is C11H19N3O2. The average molecular weight is 225 g/mol. The molecule has 0 aliphatic rings. The SMILES string of the molecule is CC(N)Cc1ccc(CNN)cc1.O=CO. The predicted octanol–water partition coefficient (Wildman–Crippen LogP) is 0.240. The van der Waals surface area contributed by atoms with E-state index in [1.807, 2.05) is 6.92 Å². The van der Waals surface area contributed by atoms with Crippen LogP contribution in [0.4, 0.5) is 0 Å². The van der Waals surface area contributed by atoms with Crippen LogP contribution in [0.1, 0.15) is 18.1 Å². The van der Waals surface area contributed by atoms with E-state index in [0.717, 1.165) is 6.42 Å². The largest absolute Gasteiger partial charge is 0.483 e. The number of rotatable bonds is 4. The number of carbonyl (C=O) groups is 1. The minimum absolute atomic E-state index is 0.221. The van der Waals surface area contributed by atoms with Crippen LogP contribution in [-0.4, -0.2) is 17.6 Å². The van der Waals surface area contributed by atoms with Crippen LogP contribution in [0.2, 0.25) is 0 Å². The molecule has 1 aromatic rings. The molecular weight excluding hydrogens is 206 g/mol. The van der Waals surface area contributed by atoms with Crippen LogP contribution in [0.25, 0.3) is 0 Å². The zero-order chi connectivity index (χ0) is 12.4. The molecule has 90 valence electrons. The fourth-order valence-corrected chi connectivity index (χ4v) is 1.28. The summed E-state index contributed by atoms with van der Waals surface area (Å²) in [6.07, 6.45) is 0.927. The van der Waals surface area contributed by atoms with Gasteiger partial charge in [0.25, 0.3) is 6.47 Å². The number of benzene rings is 1. The second-order valence-electron chi connectivity index (χ2n) is 3.48. The van der Waals surface area contributed by atoms with Gasteiger partial charge in [0.05, 0.1) is 0 Å². The first kappa shape index (κ1) is 14.6. The van der Waals surface area contributed by atoms with Gasteiger partial charge in [-0.25, -0.2) is 0 Å². The van der Waals surface area contributed by atoms with Crippen molar-refractivity contribution in [2.75, 3.05) is 0 Å². The van der Waals surface area contributed by atoms with Gasteiger partial charge in [0, 0.05) is 12.6 Å². The normalized spacial score (nSPS) is 11.2. The maximum atomic E-state index is 8.36. The lowest BCUT2D eigenvalue weighted by molar-refractivity contribution is -0.122. The maximum Gasteiger partial charge on any atom is 0.290 e. The van der Waals surface area contributed by atoms with Gasteiger partial charge in [-0.05, 0) is 24.5 Å². The Morgan fingerprint density at radius 1 is 1.38 bits per heavy atom. The summed E-state index contributed by atoms with van der Waals surface area (Å²) in [5.41, 5.74) is 10.8. The van der Waals surface area contributed by atoms with Crippen LogP contribution in [0.5, 0.6) is 0 Å². The number of hydrogen-bond donors (Lipinski definition) is 4. The number of hydrogen-bond acceptors (Lipinski definition) is 4. The fourth-order valence-electron chi connectivity index (χ4n) is 1.28. The van der Waals surface area contributed by atoms with Crippen molar-refractivity contribution < 1.29 is 9.90 Å². The molecule has 1 aromatic carbocycles. The molecule has 5 heteroatoms. The summed E-state index contributed by atoms with van der Waals surface area (Å²) in [6.45, 7) is 2.47. The molecule has 0 aliphatic heterocycles. The Balaban J connectivity index is 0.000000673. The maximum absolute atomic E-state index is 8.36. The molecule has 0 heterocycles. The van der Waals surface area contributed by atoms with E-state index in [0.29, 0.717) is 6.54 Å². The van der Waals surface area contributed by atoms with E-state index in [4.69, 9.17) is 21.5 Å². The van der Waals surface area contributed by atoms with Gasteiger partial charge >= 0.3 is 0 Å². The summed E-state index contributed by atoms with van der Waals surface area (Å²) in [6, 6.07) is 8.54. The van der Waals surface area contributed by atoms with Crippen LogP contribution in [0.3, 0.4) is 0 Å². The Kier molecular flexibility index (Phi) is 8.05. The minimum Gasteiger partial charge on any atom is -0.483 e. The van der Waals surface area contributed by atoms with Gasteiger partial charge in [-0.3, -0.25) is 16.1 Å². The summed E-state index contributed by atoms with van der Waals surface area (Å²) >= 11 is 0. The molecule has 0 saturated heterocycles. The van der Waals surface area contributed by atoms with E-state index in [-0.39, 0.29) is 12.5 Å². The summed E-state index contributed by atoms with van der Waals surface area (Å²) in [7, 11) is 0. The van der Waals surface area contributed by atoms with Gasteiger partial charge in [0.2, 0.25) is 0 Å². The van der Waals surface area contributed by atoms with Crippen molar-refractivity contribution in [1.82, 2.24) is 5.43 Å². The zero-order valence-corrected chi connectivity index (χ0v) is 9.39. The van der Waals surface area contributed by atoms with Gasteiger partial charge in [0.15, 0.2) is 0 Å². The Morgan fingerprint density at radius 2 is 1.81 bits per heavy atom. The van der Waals surface area contributed by atoms with Crippen LogP contribution in [-0.2, 0) is 17.8 Å². The standard InChI is InChI=1S/C10H17N3.CH2O2/c1-8(11)6-9-2-4-10(5-3-9)7-13-12;2-1-3/h2-5,8,13H,6-7,11-12H2,1H3;1H,(H,2,3).